The first kappa shape index (κ1) is 21.0. The van der Waals surface area contributed by atoms with E-state index in [1.54, 1.807) is 24.3 Å². The normalized spacial score (nSPS) is 18.8. The van der Waals surface area contributed by atoms with Gasteiger partial charge in [-0.2, -0.15) is 0 Å². The Bertz CT molecular complexity index is 1230. The van der Waals surface area contributed by atoms with Gasteiger partial charge in [0.1, 0.15) is 22.3 Å². The van der Waals surface area contributed by atoms with Crippen LogP contribution in [0.2, 0.25) is 0 Å². The third kappa shape index (κ3) is 3.55. The summed E-state index contributed by atoms with van der Waals surface area (Å²) in [5.74, 6) is 0.826. The fraction of sp³-hybridized carbons (Fsp3) is 0.476. The lowest BCUT2D eigenvalue weighted by Crippen LogP contribution is -2.61. The maximum Gasteiger partial charge on any atom is 0.322 e. The molecule has 11 heteroatoms. The largest absolute Gasteiger partial charge is 0.359 e. The zero-order valence-corrected chi connectivity index (χ0v) is 18.9. The number of aromatic nitrogens is 3. The second-order valence-corrected chi connectivity index (χ2v) is 10.7. The molecule has 2 saturated heterocycles. The first-order valence-electron chi connectivity index (χ1n) is 10.7. The molecule has 5 heterocycles. The number of piperidine rings is 1. The molecule has 0 aromatic carbocycles. The van der Waals surface area contributed by atoms with E-state index in [4.69, 9.17) is 4.52 Å². The molecule has 0 spiro atoms. The van der Waals surface area contributed by atoms with Gasteiger partial charge in [-0.05, 0) is 50.3 Å². The summed E-state index contributed by atoms with van der Waals surface area (Å²) in [5, 5.41) is 7.12. The average Bonchev–Trinajstić information content (AvgIpc) is 3.31. The summed E-state index contributed by atoms with van der Waals surface area (Å²) < 4.78 is 32.8. The van der Waals surface area contributed by atoms with E-state index in [0.29, 0.717) is 36.1 Å². The number of fused-ring (bicyclic) bond motifs is 1. The Morgan fingerprint density at radius 3 is 2.69 bits per heavy atom. The highest BCUT2D eigenvalue weighted by molar-refractivity contribution is 7.89. The van der Waals surface area contributed by atoms with E-state index in [2.05, 4.69) is 20.4 Å². The smallest absolute Gasteiger partial charge is 0.322 e. The van der Waals surface area contributed by atoms with Gasteiger partial charge in [-0.15, -0.1) is 0 Å². The van der Waals surface area contributed by atoms with Crippen molar-refractivity contribution in [1.29, 1.82) is 0 Å². The van der Waals surface area contributed by atoms with E-state index in [1.165, 1.54) is 10.5 Å². The second kappa shape index (κ2) is 7.89. The van der Waals surface area contributed by atoms with Gasteiger partial charge in [0.15, 0.2) is 5.76 Å². The number of H-pyrrole nitrogens is 1. The SMILES string of the molecule is Cc1noc(C)c1NC(=O)N1CC(S(=O)(=O)N2CCC(c3c[nH]c4ncccc34)CC2)C1. The molecule has 0 saturated carbocycles. The zero-order chi connectivity index (χ0) is 22.5. The molecule has 2 aliphatic rings. The highest BCUT2D eigenvalue weighted by Gasteiger charge is 2.44. The van der Waals surface area contributed by atoms with E-state index in [1.807, 2.05) is 18.3 Å². The number of nitrogens with one attached hydrogen (secondary N) is 2. The number of nitrogens with zero attached hydrogens (tertiary/aromatic N) is 4. The minimum Gasteiger partial charge on any atom is -0.359 e. The van der Waals surface area contributed by atoms with Crippen LogP contribution < -0.4 is 5.32 Å². The first-order chi connectivity index (χ1) is 15.3. The number of anilines is 1. The number of amides is 2. The Labute approximate surface area is 186 Å². The Hall–Kier alpha value is -2.92. The Balaban J connectivity index is 1.17. The summed E-state index contributed by atoms with van der Waals surface area (Å²) in [6, 6.07) is 3.63. The van der Waals surface area contributed by atoms with Crippen molar-refractivity contribution in [3.63, 3.8) is 0 Å². The maximum atomic E-state index is 13.1. The Morgan fingerprint density at radius 2 is 2.00 bits per heavy atom. The third-order valence-corrected chi connectivity index (χ3v) is 8.78. The first-order valence-corrected chi connectivity index (χ1v) is 12.2. The predicted octanol–water partition coefficient (Wildman–Crippen LogP) is 2.59. The van der Waals surface area contributed by atoms with Crippen molar-refractivity contribution in [2.75, 3.05) is 31.5 Å². The molecular weight excluding hydrogens is 432 g/mol. The molecule has 3 aromatic heterocycles. The molecule has 0 bridgehead atoms. The van der Waals surface area contributed by atoms with Crippen LogP contribution in [0.25, 0.3) is 11.0 Å². The maximum absolute atomic E-state index is 13.1. The Kier molecular flexibility index (Phi) is 5.17. The number of hydrogen-bond acceptors (Lipinski definition) is 6. The summed E-state index contributed by atoms with van der Waals surface area (Å²) in [6.07, 6.45) is 5.29. The number of sulfonamides is 1. The van der Waals surface area contributed by atoms with Gasteiger partial charge in [-0.1, -0.05) is 5.16 Å². The van der Waals surface area contributed by atoms with Gasteiger partial charge < -0.3 is 19.7 Å². The van der Waals surface area contributed by atoms with E-state index in [0.717, 1.165) is 23.9 Å². The lowest BCUT2D eigenvalue weighted by atomic mass is 9.90. The molecule has 0 unspecified atom stereocenters. The zero-order valence-electron chi connectivity index (χ0n) is 18.0. The van der Waals surface area contributed by atoms with Crippen LogP contribution in [0, 0.1) is 13.8 Å². The molecule has 32 heavy (non-hydrogen) atoms. The van der Waals surface area contributed by atoms with Crippen LogP contribution in [0.4, 0.5) is 10.5 Å². The predicted molar refractivity (Wildman–Crippen MR) is 119 cm³/mol. The fourth-order valence-corrected chi connectivity index (χ4v) is 6.46. The fourth-order valence-electron chi connectivity index (χ4n) is 4.59. The summed E-state index contributed by atoms with van der Waals surface area (Å²) in [7, 11) is -3.44. The van der Waals surface area contributed by atoms with Crippen molar-refractivity contribution in [3.05, 3.63) is 41.5 Å². The molecule has 3 aromatic rings. The van der Waals surface area contributed by atoms with E-state index < -0.39 is 15.3 Å². The van der Waals surface area contributed by atoms with Crippen molar-refractivity contribution < 1.29 is 17.7 Å². The van der Waals surface area contributed by atoms with E-state index in [9.17, 15) is 13.2 Å². The third-order valence-electron chi connectivity index (χ3n) is 6.56. The van der Waals surface area contributed by atoms with Crippen molar-refractivity contribution in [3.8, 4) is 0 Å². The number of rotatable bonds is 4. The number of carbonyl (C=O) groups excluding carboxylic acids is 1. The number of pyridine rings is 1. The van der Waals surface area contributed by atoms with Crippen molar-refractivity contribution >= 4 is 32.8 Å². The number of aryl methyl sites for hydroxylation is 2. The molecule has 2 amide bonds. The molecule has 2 fully saturated rings. The highest BCUT2D eigenvalue weighted by atomic mass is 32.2. The number of urea groups is 1. The van der Waals surface area contributed by atoms with Gasteiger partial charge in [0.2, 0.25) is 10.0 Å². The summed E-state index contributed by atoms with van der Waals surface area (Å²) in [4.78, 5) is 21.5. The monoisotopic (exact) mass is 458 g/mol. The number of aromatic amines is 1. The lowest BCUT2D eigenvalue weighted by molar-refractivity contribution is 0.179. The number of carbonyl (C=O) groups is 1. The summed E-state index contributed by atoms with van der Waals surface area (Å²) in [5.41, 5.74) is 3.20. The standard InChI is InChI=1S/C21H26N6O4S/c1-13-19(14(2)31-25-13)24-21(28)26-11-16(12-26)32(29,30)27-8-5-15(6-9-27)18-10-23-20-17(18)4-3-7-22-20/h3-4,7,10,15-16H,5-6,8-9,11-12H2,1-2H3,(H,22,23)(H,24,28). The summed E-state index contributed by atoms with van der Waals surface area (Å²) >= 11 is 0. The molecule has 170 valence electrons. The van der Waals surface area contributed by atoms with Gasteiger partial charge in [0.25, 0.3) is 0 Å². The van der Waals surface area contributed by atoms with Gasteiger partial charge >= 0.3 is 6.03 Å². The number of likely N-dealkylation sites (tertiary alicyclic amines) is 1. The highest BCUT2D eigenvalue weighted by Crippen LogP contribution is 2.34. The topological polar surface area (TPSA) is 124 Å². The van der Waals surface area contributed by atoms with Crippen molar-refractivity contribution in [2.24, 2.45) is 0 Å². The molecule has 0 aliphatic carbocycles. The van der Waals surface area contributed by atoms with Crippen molar-refractivity contribution in [2.45, 2.75) is 37.9 Å². The van der Waals surface area contributed by atoms with Gasteiger partial charge in [-0.25, -0.2) is 22.5 Å². The molecule has 0 radical (unpaired) electrons. The van der Waals surface area contributed by atoms with Crippen LogP contribution in [0.15, 0.2) is 29.0 Å². The van der Waals surface area contributed by atoms with Crippen LogP contribution in [0.5, 0.6) is 0 Å². The second-order valence-electron chi connectivity index (χ2n) is 8.52. The van der Waals surface area contributed by atoms with E-state index in [-0.39, 0.29) is 19.1 Å². The molecule has 2 aliphatic heterocycles. The number of hydrogen-bond donors (Lipinski definition) is 2. The molecule has 2 N–H and O–H groups in total. The van der Waals surface area contributed by atoms with Crippen LogP contribution in [-0.2, 0) is 10.0 Å². The van der Waals surface area contributed by atoms with Crippen LogP contribution >= 0.6 is 0 Å². The Morgan fingerprint density at radius 1 is 1.25 bits per heavy atom. The molecule has 5 rings (SSSR count). The van der Waals surface area contributed by atoms with Crippen LogP contribution in [0.1, 0.15) is 35.8 Å². The lowest BCUT2D eigenvalue weighted by Gasteiger charge is -2.42. The van der Waals surface area contributed by atoms with Crippen LogP contribution in [-0.4, -0.2) is 70.2 Å². The molecule has 0 atom stereocenters. The summed E-state index contributed by atoms with van der Waals surface area (Å²) in [6.45, 7) is 4.81. The molecule has 10 nitrogen and oxygen atoms in total. The van der Waals surface area contributed by atoms with Gasteiger partial charge in [0, 0.05) is 44.0 Å². The minimum atomic E-state index is -3.44. The quantitative estimate of drug-likeness (QED) is 0.619. The van der Waals surface area contributed by atoms with Gasteiger partial charge in [-0.3, -0.25) is 0 Å². The van der Waals surface area contributed by atoms with Crippen LogP contribution in [0.3, 0.4) is 0 Å². The van der Waals surface area contributed by atoms with Gasteiger partial charge in [0.05, 0.1) is 0 Å². The minimum absolute atomic E-state index is 0.186. The average molecular weight is 459 g/mol. The van der Waals surface area contributed by atoms with Crippen molar-refractivity contribution in [1.82, 2.24) is 24.3 Å². The molecular formula is C21H26N6O4S. The van der Waals surface area contributed by atoms with E-state index >= 15 is 0 Å².